The Hall–Kier alpha value is -1.37. The zero-order valence-electron chi connectivity index (χ0n) is 10.2. The van der Waals surface area contributed by atoms with E-state index in [4.69, 9.17) is 21.4 Å². The SMILES string of the molecule is O=C(O)c1cc(Cl)nc(NC2(CO)CCOCC2)c1. The number of aromatic nitrogens is 1. The molecule has 0 aliphatic carbocycles. The molecular weight excluding hydrogens is 272 g/mol. The summed E-state index contributed by atoms with van der Waals surface area (Å²) in [6.07, 6.45) is 1.25. The second kappa shape index (κ2) is 5.73. The van der Waals surface area contributed by atoms with Crippen LogP contribution in [0.4, 0.5) is 5.82 Å². The third kappa shape index (κ3) is 3.34. The molecule has 1 aromatic rings. The van der Waals surface area contributed by atoms with Crippen LogP contribution in [0.15, 0.2) is 12.1 Å². The van der Waals surface area contributed by atoms with Crippen LogP contribution in [0.5, 0.6) is 0 Å². The third-order valence-corrected chi connectivity index (χ3v) is 3.38. The number of carboxylic acid groups (broad SMARTS) is 1. The Bertz CT molecular complexity index is 475. The lowest BCUT2D eigenvalue weighted by Crippen LogP contribution is -2.47. The van der Waals surface area contributed by atoms with Crippen LogP contribution < -0.4 is 5.32 Å². The molecule has 0 amide bonds. The van der Waals surface area contributed by atoms with E-state index < -0.39 is 11.5 Å². The summed E-state index contributed by atoms with van der Waals surface area (Å²) in [7, 11) is 0. The van der Waals surface area contributed by atoms with E-state index in [0.717, 1.165) is 0 Å². The minimum atomic E-state index is -1.07. The average Bonchev–Trinajstić information content (AvgIpc) is 2.39. The highest BCUT2D eigenvalue weighted by Gasteiger charge is 2.32. The predicted octanol–water partition coefficient (Wildman–Crippen LogP) is 1.39. The maximum Gasteiger partial charge on any atom is 0.335 e. The molecule has 7 heteroatoms. The number of halogens is 1. The fourth-order valence-corrected chi connectivity index (χ4v) is 2.25. The van der Waals surface area contributed by atoms with Gasteiger partial charge in [-0.3, -0.25) is 0 Å². The largest absolute Gasteiger partial charge is 0.478 e. The summed E-state index contributed by atoms with van der Waals surface area (Å²) in [5, 5.41) is 21.7. The van der Waals surface area contributed by atoms with Gasteiger partial charge in [0, 0.05) is 13.2 Å². The summed E-state index contributed by atoms with van der Waals surface area (Å²) >= 11 is 5.80. The number of aromatic carboxylic acids is 1. The lowest BCUT2D eigenvalue weighted by molar-refractivity contribution is 0.0378. The van der Waals surface area contributed by atoms with Crippen LogP contribution >= 0.6 is 11.6 Å². The van der Waals surface area contributed by atoms with Crippen LogP contribution in [0.3, 0.4) is 0 Å². The Morgan fingerprint density at radius 1 is 1.47 bits per heavy atom. The number of hydrogen-bond donors (Lipinski definition) is 3. The number of aliphatic hydroxyl groups excluding tert-OH is 1. The van der Waals surface area contributed by atoms with Crippen molar-refractivity contribution in [2.45, 2.75) is 18.4 Å². The van der Waals surface area contributed by atoms with Gasteiger partial charge in [0.2, 0.25) is 0 Å². The van der Waals surface area contributed by atoms with E-state index >= 15 is 0 Å². The van der Waals surface area contributed by atoms with Crippen LogP contribution in [0.2, 0.25) is 5.15 Å². The fourth-order valence-electron chi connectivity index (χ4n) is 2.04. The van der Waals surface area contributed by atoms with Crippen LogP contribution in [0.25, 0.3) is 0 Å². The van der Waals surface area contributed by atoms with Crippen LogP contribution in [-0.4, -0.2) is 46.5 Å². The van der Waals surface area contributed by atoms with Crippen molar-refractivity contribution < 1.29 is 19.7 Å². The lowest BCUT2D eigenvalue weighted by Gasteiger charge is -2.36. The van der Waals surface area contributed by atoms with Gasteiger partial charge in [-0.1, -0.05) is 11.6 Å². The van der Waals surface area contributed by atoms with E-state index in [9.17, 15) is 9.90 Å². The number of hydrogen-bond acceptors (Lipinski definition) is 5. The molecule has 1 fully saturated rings. The van der Waals surface area contributed by atoms with Gasteiger partial charge < -0.3 is 20.3 Å². The van der Waals surface area contributed by atoms with Crippen LogP contribution in [0.1, 0.15) is 23.2 Å². The molecule has 0 atom stereocenters. The van der Waals surface area contributed by atoms with E-state index in [-0.39, 0.29) is 17.3 Å². The van der Waals surface area contributed by atoms with Crippen LogP contribution in [0, 0.1) is 0 Å². The van der Waals surface area contributed by atoms with Crippen molar-refractivity contribution in [1.82, 2.24) is 4.98 Å². The zero-order chi connectivity index (χ0) is 13.9. The van der Waals surface area contributed by atoms with Gasteiger partial charge in [-0.05, 0) is 25.0 Å². The number of pyridine rings is 1. The van der Waals surface area contributed by atoms with Gasteiger partial charge in [-0.15, -0.1) is 0 Å². The summed E-state index contributed by atoms with van der Waals surface area (Å²) in [5.74, 6) is -0.724. The number of nitrogens with one attached hydrogen (secondary N) is 1. The monoisotopic (exact) mass is 286 g/mol. The molecule has 2 rings (SSSR count). The second-order valence-electron chi connectivity index (χ2n) is 4.54. The van der Waals surface area contributed by atoms with Gasteiger partial charge in [0.25, 0.3) is 0 Å². The molecule has 1 aromatic heterocycles. The molecule has 0 radical (unpaired) electrons. The normalized spacial score (nSPS) is 18.0. The van der Waals surface area contributed by atoms with Crippen molar-refractivity contribution in [3.05, 3.63) is 22.8 Å². The summed E-state index contributed by atoms with van der Waals surface area (Å²) in [6, 6.07) is 2.69. The van der Waals surface area contributed by atoms with E-state index in [1.54, 1.807) is 0 Å². The summed E-state index contributed by atoms with van der Waals surface area (Å²) in [4.78, 5) is 15.0. The highest BCUT2D eigenvalue weighted by molar-refractivity contribution is 6.29. The van der Waals surface area contributed by atoms with Crippen molar-refractivity contribution in [1.29, 1.82) is 0 Å². The number of nitrogens with zero attached hydrogens (tertiary/aromatic N) is 1. The maximum atomic E-state index is 11.0. The molecule has 1 saturated heterocycles. The number of rotatable bonds is 4. The van der Waals surface area contributed by atoms with Crippen LogP contribution in [-0.2, 0) is 4.74 Å². The Morgan fingerprint density at radius 3 is 2.74 bits per heavy atom. The minimum absolute atomic E-state index is 0.0580. The number of carboxylic acids is 1. The number of ether oxygens (including phenoxy) is 1. The van der Waals surface area contributed by atoms with Gasteiger partial charge in [0.1, 0.15) is 11.0 Å². The standard InChI is InChI=1S/C12H15ClN2O4/c13-9-5-8(11(17)18)6-10(14-9)15-12(7-16)1-3-19-4-2-12/h5-6,16H,1-4,7H2,(H,14,15)(H,17,18). The maximum absolute atomic E-state index is 11.0. The Balaban J connectivity index is 2.23. The average molecular weight is 287 g/mol. The first kappa shape index (κ1) is 14.0. The summed E-state index contributed by atoms with van der Waals surface area (Å²) in [5.41, 5.74) is -0.478. The van der Waals surface area contributed by atoms with Gasteiger partial charge in [0.15, 0.2) is 0 Å². The van der Waals surface area contributed by atoms with Gasteiger partial charge in [-0.2, -0.15) is 0 Å². The summed E-state index contributed by atoms with van der Waals surface area (Å²) < 4.78 is 5.26. The first-order valence-electron chi connectivity index (χ1n) is 5.92. The van der Waals surface area contributed by atoms with Gasteiger partial charge in [-0.25, -0.2) is 9.78 Å². The number of carbonyl (C=O) groups is 1. The molecule has 3 N–H and O–H groups in total. The molecule has 0 aromatic carbocycles. The highest BCUT2D eigenvalue weighted by Crippen LogP contribution is 2.26. The quantitative estimate of drug-likeness (QED) is 0.725. The van der Waals surface area contributed by atoms with Crippen molar-refractivity contribution in [3.8, 4) is 0 Å². The minimum Gasteiger partial charge on any atom is -0.478 e. The lowest BCUT2D eigenvalue weighted by atomic mass is 9.91. The predicted molar refractivity (Wildman–Crippen MR) is 69.7 cm³/mol. The van der Waals surface area contributed by atoms with Gasteiger partial charge in [0.05, 0.1) is 17.7 Å². The molecule has 19 heavy (non-hydrogen) atoms. The Morgan fingerprint density at radius 2 is 2.16 bits per heavy atom. The molecular formula is C12H15ClN2O4. The highest BCUT2D eigenvalue weighted by atomic mass is 35.5. The molecule has 1 aliphatic heterocycles. The third-order valence-electron chi connectivity index (χ3n) is 3.19. The first-order chi connectivity index (χ1) is 9.04. The van der Waals surface area contributed by atoms with E-state index in [0.29, 0.717) is 31.9 Å². The van der Waals surface area contributed by atoms with Crippen molar-refractivity contribution in [3.63, 3.8) is 0 Å². The molecule has 0 bridgehead atoms. The topological polar surface area (TPSA) is 91.7 Å². The Kier molecular flexibility index (Phi) is 4.24. The zero-order valence-corrected chi connectivity index (χ0v) is 11.0. The van der Waals surface area contributed by atoms with Crippen molar-refractivity contribution in [2.75, 3.05) is 25.1 Å². The number of anilines is 1. The molecule has 2 heterocycles. The smallest absolute Gasteiger partial charge is 0.335 e. The van der Waals surface area contributed by atoms with E-state index in [1.807, 2.05) is 0 Å². The molecule has 0 unspecified atom stereocenters. The molecule has 6 nitrogen and oxygen atoms in total. The fraction of sp³-hybridized carbons (Fsp3) is 0.500. The summed E-state index contributed by atoms with van der Waals surface area (Å²) in [6.45, 7) is 1.01. The molecule has 0 spiro atoms. The second-order valence-corrected chi connectivity index (χ2v) is 4.93. The van der Waals surface area contributed by atoms with E-state index in [2.05, 4.69) is 10.3 Å². The Labute approximate surface area is 115 Å². The molecule has 104 valence electrons. The molecule has 0 saturated carbocycles. The van der Waals surface area contributed by atoms with Gasteiger partial charge >= 0.3 is 5.97 Å². The molecule has 1 aliphatic rings. The van der Waals surface area contributed by atoms with Crippen molar-refractivity contribution in [2.24, 2.45) is 0 Å². The van der Waals surface area contributed by atoms with Crippen molar-refractivity contribution >= 4 is 23.4 Å². The van der Waals surface area contributed by atoms with E-state index in [1.165, 1.54) is 12.1 Å². The first-order valence-corrected chi connectivity index (χ1v) is 6.30. The number of aliphatic hydroxyl groups is 1.